The summed E-state index contributed by atoms with van der Waals surface area (Å²) in [6.45, 7) is 8.90. The molecule has 0 aromatic carbocycles. The van der Waals surface area contributed by atoms with Crippen LogP contribution >= 0.6 is 24.0 Å². The number of rotatable bonds is 10. The van der Waals surface area contributed by atoms with E-state index in [1.54, 1.807) is 6.33 Å². The molecule has 0 unspecified atom stereocenters. The maximum Gasteiger partial charge on any atom is 0.191 e. The van der Waals surface area contributed by atoms with Crippen LogP contribution in [0, 0.1) is 5.92 Å². The fraction of sp³-hybridized carbons (Fsp3) is 0.800. The van der Waals surface area contributed by atoms with Gasteiger partial charge in [0.1, 0.15) is 12.2 Å². The summed E-state index contributed by atoms with van der Waals surface area (Å²) in [5.41, 5.74) is 0. The van der Waals surface area contributed by atoms with Crippen LogP contribution in [0.3, 0.4) is 0 Å². The molecule has 1 aliphatic rings. The Kier molecular flexibility index (Phi) is 10.2. The molecule has 0 amide bonds. The maximum absolute atomic E-state index is 5.60. The van der Waals surface area contributed by atoms with Gasteiger partial charge in [-0.1, -0.05) is 6.92 Å². The molecule has 23 heavy (non-hydrogen) atoms. The Morgan fingerprint density at radius 2 is 2.22 bits per heavy atom. The van der Waals surface area contributed by atoms with Crippen molar-refractivity contribution in [3.8, 4) is 0 Å². The monoisotopic (exact) mass is 436 g/mol. The van der Waals surface area contributed by atoms with Gasteiger partial charge < -0.3 is 19.9 Å². The van der Waals surface area contributed by atoms with Crippen LogP contribution < -0.4 is 10.6 Å². The lowest BCUT2D eigenvalue weighted by Gasteiger charge is -2.12. The van der Waals surface area contributed by atoms with E-state index < -0.39 is 0 Å². The Balaban J connectivity index is 0.00000264. The molecule has 0 bridgehead atoms. The number of hydrogen-bond donors (Lipinski definition) is 2. The predicted octanol–water partition coefficient (Wildman–Crippen LogP) is 1.44. The van der Waals surface area contributed by atoms with E-state index in [1.165, 1.54) is 12.8 Å². The molecule has 0 atom stereocenters. The Morgan fingerprint density at radius 1 is 1.39 bits per heavy atom. The molecule has 132 valence electrons. The summed E-state index contributed by atoms with van der Waals surface area (Å²) in [6, 6.07) is 0. The van der Waals surface area contributed by atoms with Crippen molar-refractivity contribution in [3.05, 3.63) is 12.2 Å². The Morgan fingerprint density at radius 3 is 2.91 bits per heavy atom. The summed E-state index contributed by atoms with van der Waals surface area (Å²) in [6.07, 6.45) is 5.33. The third-order valence-electron chi connectivity index (χ3n) is 3.56. The van der Waals surface area contributed by atoms with Gasteiger partial charge in [0.05, 0.1) is 13.2 Å². The first-order valence-electron chi connectivity index (χ1n) is 8.30. The molecule has 8 heteroatoms. The molecule has 0 spiro atoms. The van der Waals surface area contributed by atoms with E-state index in [0.717, 1.165) is 50.4 Å². The van der Waals surface area contributed by atoms with Crippen LogP contribution in [-0.4, -0.2) is 53.6 Å². The number of ether oxygens (including phenoxy) is 1. The van der Waals surface area contributed by atoms with Crippen LogP contribution in [0.15, 0.2) is 11.3 Å². The molecule has 1 aromatic heterocycles. The molecule has 1 saturated carbocycles. The lowest BCUT2D eigenvalue weighted by atomic mass is 10.4. The highest BCUT2D eigenvalue weighted by Crippen LogP contribution is 2.28. The first-order valence-corrected chi connectivity index (χ1v) is 8.30. The van der Waals surface area contributed by atoms with E-state index in [-0.39, 0.29) is 24.0 Å². The predicted molar refractivity (Wildman–Crippen MR) is 102 cm³/mol. The minimum atomic E-state index is 0. The van der Waals surface area contributed by atoms with Crippen molar-refractivity contribution >= 4 is 29.9 Å². The van der Waals surface area contributed by atoms with Gasteiger partial charge in [-0.25, -0.2) is 0 Å². The Hall–Kier alpha value is -0.900. The molecular formula is C15H29IN6O. The van der Waals surface area contributed by atoms with Gasteiger partial charge >= 0.3 is 0 Å². The standard InChI is InChI=1S/C15H28N6O.HI/c1-3-14-20-19-12-21(14)9-7-17-15(16-4-2)18-8-10-22-11-13-5-6-13;/h12-13H,3-11H2,1-2H3,(H2,16,17,18);1H. The van der Waals surface area contributed by atoms with Gasteiger partial charge in [0, 0.05) is 32.7 Å². The molecule has 0 radical (unpaired) electrons. The van der Waals surface area contributed by atoms with Crippen LogP contribution in [0.5, 0.6) is 0 Å². The highest BCUT2D eigenvalue weighted by Gasteiger charge is 2.20. The van der Waals surface area contributed by atoms with E-state index in [0.29, 0.717) is 13.2 Å². The molecule has 2 N–H and O–H groups in total. The minimum absolute atomic E-state index is 0. The summed E-state index contributed by atoms with van der Waals surface area (Å²) in [7, 11) is 0. The number of guanidine groups is 1. The lowest BCUT2D eigenvalue weighted by Crippen LogP contribution is -2.39. The average molecular weight is 436 g/mol. The lowest BCUT2D eigenvalue weighted by molar-refractivity contribution is 0.131. The largest absolute Gasteiger partial charge is 0.379 e. The first kappa shape index (κ1) is 20.1. The summed E-state index contributed by atoms with van der Waals surface area (Å²) in [4.78, 5) is 4.52. The zero-order chi connectivity index (χ0) is 15.6. The smallest absolute Gasteiger partial charge is 0.191 e. The highest BCUT2D eigenvalue weighted by molar-refractivity contribution is 14.0. The fourth-order valence-corrected chi connectivity index (χ4v) is 2.13. The molecule has 1 fully saturated rings. The van der Waals surface area contributed by atoms with E-state index in [1.807, 2.05) is 0 Å². The van der Waals surface area contributed by atoms with Crippen molar-refractivity contribution in [1.82, 2.24) is 25.4 Å². The zero-order valence-electron chi connectivity index (χ0n) is 14.1. The second kappa shape index (κ2) is 11.6. The van der Waals surface area contributed by atoms with Gasteiger partial charge in [0.2, 0.25) is 0 Å². The van der Waals surface area contributed by atoms with Crippen LogP contribution in [0.2, 0.25) is 0 Å². The van der Waals surface area contributed by atoms with Crippen LogP contribution in [0.4, 0.5) is 0 Å². The number of halogens is 1. The van der Waals surface area contributed by atoms with Gasteiger partial charge in [0.15, 0.2) is 5.96 Å². The second-order valence-electron chi connectivity index (χ2n) is 5.50. The van der Waals surface area contributed by atoms with Crippen molar-refractivity contribution in [2.24, 2.45) is 10.9 Å². The van der Waals surface area contributed by atoms with Gasteiger partial charge in [-0.15, -0.1) is 34.2 Å². The summed E-state index contributed by atoms with van der Waals surface area (Å²) >= 11 is 0. The van der Waals surface area contributed by atoms with Crippen molar-refractivity contribution in [3.63, 3.8) is 0 Å². The van der Waals surface area contributed by atoms with E-state index >= 15 is 0 Å². The maximum atomic E-state index is 5.60. The molecule has 0 saturated heterocycles. The van der Waals surface area contributed by atoms with Crippen molar-refractivity contribution in [2.75, 3.05) is 32.8 Å². The van der Waals surface area contributed by atoms with Crippen LogP contribution in [-0.2, 0) is 17.7 Å². The quantitative estimate of drug-likeness (QED) is 0.251. The fourth-order valence-electron chi connectivity index (χ4n) is 2.13. The van der Waals surface area contributed by atoms with Crippen LogP contribution in [0.25, 0.3) is 0 Å². The van der Waals surface area contributed by atoms with Gasteiger partial charge in [-0.3, -0.25) is 4.99 Å². The Labute approximate surface area is 155 Å². The number of nitrogens with one attached hydrogen (secondary N) is 2. The molecule has 2 rings (SSSR count). The molecule has 7 nitrogen and oxygen atoms in total. The number of aromatic nitrogens is 3. The van der Waals surface area contributed by atoms with Gasteiger partial charge in [-0.05, 0) is 25.7 Å². The molecule has 1 aliphatic carbocycles. The average Bonchev–Trinajstić information content (AvgIpc) is 3.23. The van der Waals surface area contributed by atoms with Gasteiger partial charge in [0.25, 0.3) is 0 Å². The number of aliphatic imine (C=N–C) groups is 1. The third kappa shape index (κ3) is 7.96. The normalized spacial score (nSPS) is 14.4. The van der Waals surface area contributed by atoms with Crippen molar-refractivity contribution in [1.29, 1.82) is 0 Å². The SMILES string of the molecule is CCNC(=NCCOCC1CC1)NCCn1cnnc1CC.I. The molecule has 0 aliphatic heterocycles. The molecule has 1 aromatic rings. The Bertz CT molecular complexity index is 461. The summed E-state index contributed by atoms with van der Waals surface area (Å²) in [5.74, 6) is 2.66. The highest BCUT2D eigenvalue weighted by atomic mass is 127. The third-order valence-corrected chi connectivity index (χ3v) is 3.56. The minimum Gasteiger partial charge on any atom is -0.379 e. The zero-order valence-corrected chi connectivity index (χ0v) is 16.5. The summed E-state index contributed by atoms with van der Waals surface area (Å²) in [5, 5.41) is 14.6. The van der Waals surface area contributed by atoms with Crippen molar-refractivity contribution < 1.29 is 4.74 Å². The van der Waals surface area contributed by atoms with E-state index in [4.69, 9.17) is 4.74 Å². The molecular weight excluding hydrogens is 407 g/mol. The second-order valence-corrected chi connectivity index (χ2v) is 5.50. The van der Waals surface area contributed by atoms with Gasteiger partial charge in [-0.2, -0.15) is 0 Å². The molecule has 1 heterocycles. The first-order chi connectivity index (χ1) is 10.8. The number of hydrogen-bond acceptors (Lipinski definition) is 4. The van der Waals surface area contributed by atoms with Crippen molar-refractivity contribution in [2.45, 2.75) is 39.7 Å². The van der Waals surface area contributed by atoms with E-state index in [2.05, 4.69) is 44.2 Å². The topological polar surface area (TPSA) is 76.4 Å². The number of aryl methyl sites for hydroxylation is 1. The number of nitrogens with zero attached hydrogens (tertiary/aromatic N) is 4. The summed E-state index contributed by atoms with van der Waals surface area (Å²) < 4.78 is 7.66. The van der Waals surface area contributed by atoms with Crippen LogP contribution in [0.1, 0.15) is 32.5 Å². The van der Waals surface area contributed by atoms with E-state index in [9.17, 15) is 0 Å².